The van der Waals surface area contributed by atoms with Crippen molar-refractivity contribution in [2.24, 2.45) is 5.84 Å². The normalized spacial score (nSPS) is 10.2. The molecule has 0 aliphatic heterocycles. The van der Waals surface area contributed by atoms with Crippen LogP contribution in [0, 0.1) is 12.7 Å². The number of aromatic nitrogens is 2. The first kappa shape index (κ1) is 12.5. The number of hydrogen-bond donors (Lipinski definition) is 2. The van der Waals surface area contributed by atoms with E-state index < -0.39 is 5.82 Å². The van der Waals surface area contributed by atoms with Gasteiger partial charge in [0.25, 0.3) is 0 Å². The van der Waals surface area contributed by atoms with E-state index in [-0.39, 0.29) is 22.6 Å². The van der Waals surface area contributed by atoms with E-state index in [0.717, 1.165) is 0 Å². The second-order valence-electron chi connectivity index (χ2n) is 3.47. The fourth-order valence-electron chi connectivity index (χ4n) is 1.33. The minimum Gasteiger partial charge on any atom is -0.436 e. The van der Waals surface area contributed by atoms with Crippen molar-refractivity contribution in [3.05, 3.63) is 40.8 Å². The summed E-state index contributed by atoms with van der Waals surface area (Å²) >= 11 is 5.65. The number of nitrogens with two attached hydrogens (primary N) is 1. The number of hydrazine groups is 1. The average molecular weight is 269 g/mol. The van der Waals surface area contributed by atoms with Gasteiger partial charge in [-0.05, 0) is 19.1 Å². The monoisotopic (exact) mass is 268 g/mol. The first-order valence-electron chi connectivity index (χ1n) is 5.04. The van der Waals surface area contributed by atoms with Gasteiger partial charge in [-0.2, -0.15) is 4.98 Å². The van der Waals surface area contributed by atoms with E-state index >= 15 is 0 Å². The quantitative estimate of drug-likeness (QED) is 0.661. The Kier molecular flexibility index (Phi) is 3.59. The van der Waals surface area contributed by atoms with Crippen LogP contribution in [0.1, 0.15) is 5.69 Å². The number of nitrogen functional groups attached to an aromatic ring is 1. The average Bonchev–Trinajstić information content (AvgIpc) is 2.34. The van der Waals surface area contributed by atoms with Gasteiger partial charge in [0.05, 0.1) is 5.02 Å². The zero-order valence-corrected chi connectivity index (χ0v) is 10.2. The molecule has 0 amide bonds. The van der Waals surface area contributed by atoms with Crippen LogP contribution in [0.5, 0.6) is 11.6 Å². The van der Waals surface area contributed by atoms with Crippen LogP contribution in [0.15, 0.2) is 24.3 Å². The van der Waals surface area contributed by atoms with Gasteiger partial charge >= 0.3 is 0 Å². The van der Waals surface area contributed by atoms with Crippen molar-refractivity contribution < 1.29 is 9.13 Å². The molecule has 0 unspecified atom stereocenters. The third-order valence-electron chi connectivity index (χ3n) is 2.09. The zero-order valence-electron chi connectivity index (χ0n) is 9.45. The summed E-state index contributed by atoms with van der Waals surface area (Å²) in [4.78, 5) is 7.93. The van der Waals surface area contributed by atoms with E-state index in [4.69, 9.17) is 22.2 Å². The van der Waals surface area contributed by atoms with Crippen molar-refractivity contribution in [1.82, 2.24) is 9.97 Å². The minimum absolute atomic E-state index is 0.0106. The summed E-state index contributed by atoms with van der Waals surface area (Å²) in [5.74, 6) is 4.92. The van der Waals surface area contributed by atoms with Gasteiger partial charge in [0.15, 0.2) is 11.6 Å². The first-order chi connectivity index (χ1) is 8.60. The van der Waals surface area contributed by atoms with Gasteiger partial charge in [-0.1, -0.05) is 17.7 Å². The molecule has 0 spiro atoms. The van der Waals surface area contributed by atoms with Crippen molar-refractivity contribution in [2.75, 3.05) is 5.43 Å². The van der Waals surface area contributed by atoms with E-state index in [9.17, 15) is 4.39 Å². The largest absolute Gasteiger partial charge is 0.436 e. The Morgan fingerprint density at radius 3 is 2.89 bits per heavy atom. The highest BCUT2D eigenvalue weighted by atomic mass is 35.5. The molecule has 7 heteroatoms. The number of ether oxygens (including phenoxy) is 1. The van der Waals surface area contributed by atoms with Crippen LogP contribution in [0.2, 0.25) is 5.02 Å². The Balaban J connectivity index is 2.34. The van der Waals surface area contributed by atoms with Gasteiger partial charge < -0.3 is 4.74 Å². The van der Waals surface area contributed by atoms with E-state index in [1.807, 2.05) is 0 Å². The lowest BCUT2D eigenvalue weighted by Crippen LogP contribution is -2.11. The predicted molar refractivity (Wildman–Crippen MR) is 66.1 cm³/mol. The molecule has 0 saturated heterocycles. The fraction of sp³-hybridized carbons (Fsp3) is 0.0909. The second kappa shape index (κ2) is 5.16. The topological polar surface area (TPSA) is 73.1 Å². The number of nitrogens with zero attached hydrogens (tertiary/aromatic N) is 2. The van der Waals surface area contributed by atoms with E-state index in [1.165, 1.54) is 12.1 Å². The maximum Gasteiger partial charge on any atom is 0.240 e. The Morgan fingerprint density at radius 2 is 2.17 bits per heavy atom. The summed E-state index contributed by atoms with van der Waals surface area (Å²) in [6.45, 7) is 1.74. The Bertz CT molecular complexity index is 579. The maximum atomic E-state index is 13.6. The van der Waals surface area contributed by atoms with Crippen LogP contribution in [-0.4, -0.2) is 9.97 Å². The molecule has 0 aliphatic carbocycles. The number of rotatable bonds is 3. The molecule has 1 aromatic carbocycles. The Morgan fingerprint density at radius 1 is 1.39 bits per heavy atom. The molecule has 0 radical (unpaired) electrons. The van der Waals surface area contributed by atoms with Crippen molar-refractivity contribution in [1.29, 1.82) is 0 Å². The van der Waals surface area contributed by atoms with Crippen molar-refractivity contribution in [3.63, 3.8) is 0 Å². The second-order valence-corrected chi connectivity index (χ2v) is 3.88. The minimum atomic E-state index is -0.641. The molecular weight excluding hydrogens is 259 g/mol. The molecule has 0 aliphatic rings. The maximum absolute atomic E-state index is 13.6. The third kappa shape index (κ3) is 2.66. The number of nitrogens with one attached hydrogen (secondary N) is 1. The molecule has 0 atom stereocenters. The van der Waals surface area contributed by atoms with Crippen LogP contribution in [0.3, 0.4) is 0 Å². The molecule has 0 bridgehead atoms. The van der Waals surface area contributed by atoms with Crippen LogP contribution in [0.4, 0.5) is 10.3 Å². The summed E-state index contributed by atoms with van der Waals surface area (Å²) in [5, 5.41) is -0.0181. The van der Waals surface area contributed by atoms with E-state index in [1.54, 1.807) is 19.1 Å². The predicted octanol–water partition coefficient (Wildman–Crippen LogP) is 2.66. The fourth-order valence-corrected chi connectivity index (χ4v) is 1.50. The Hall–Kier alpha value is -1.92. The lowest BCUT2D eigenvalue weighted by molar-refractivity contribution is 0.427. The summed E-state index contributed by atoms with van der Waals surface area (Å²) in [7, 11) is 0. The van der Waals surface area contributed by atoms with Crippen LogP contribution < -0.4 is 16.0 Å². The molecule has 0 fully saturated rings. The summed E-state index contributed by atoms with van der Waals surface area (Å²) in [5.41, 5.74) is 2.93. The van der Waals surface area contributed by atoms with E-state index in [0.29, 0.717) is 5.69 Å². The molecule has 3 N–H and O–H groups in total. The number of halogens is 2. The molecule has 18 heavy (non-hydrogen) atoms. The Labute approximate surface area is 108 Å². The molecule has 1 aromatic heterocycles. The smallest absolute Gasteiger partial charge is 0.240 e. The van der Waals surface area contributed by atoms with Crippen LogP contribution in [-0.2, 0) is 0 Å². The molecule has 94 valence electrons. The number of benzene rings is 1. The number of hydrogen-bond acceptors (Lipinski definition) is 5. The molecule has 0 saturated carbocycles. The van der Waals surface area contributed by atoms with Gasteiger partial charge in [-0.25, -0.2) is 15.2 Å². The van der Waals surface area contributed by atoms with Gasteiger partial charge in [-0.15, -0.1) is 0 Å². The molecule has 1 heterocycles. The van der Waals surface area contributed by atoms with Gasteiger partial charge in [-0.3, -0.25) is 5.43 Å². The van der Waals surface area contributed by atoms with Crippen molar-refractivity contribution >= 4 is 17.5 Å². The molecule has 2 aromatic rings. The highest BCUT2D eigenvalue weighted by molar-refractivity contribution is 6.30. The number of aryl methyl sites for hydroxylation is 1. The molecule has 2 rings (SSSR count). The highest BCUT2D eigenvalue weighted by Gasteiger charge is 2.10. The zero-order chi connectivity index (χ0) is 13.1. The van der Waals surface area contributed by atoms with Crippen molar-refractivity contribution in [2.45, 2.75) is 6.92 Å². The summed E-state index contributed by atoms with van der Waals surface area (Å²) < 4.78 is 18.9. The summed E-state index contributed by atoms with van der Waals surface area (Å²) in [6.07, 6.45) is 0. The molecule has 5 nitrogen and oxygen atoms in total. The van der Waals surface area contributed by atoms with Crippen LogP contribution in [0.25, 0.3) is 0 Å². The summed E-state index contributed by atoms with van der Waals surface area (Å²) in [6, 6.07) is 6.02. The van der Waals surface area contributed by atoms with Crippen LogP contribution >= 0.6 is 11.6 Å². The first-order valence-corrected chi connectivity index (χ1v) is 5.42. The number of anilines is 1. The lowest BCUT2D eigenvalue weighted by atomic mass is 10.3. The van der Waals surface area contributed by atoms with E-state index in [2.05, 4.69) is 15.4 Å². The third-order valence-corrected chi connectivity index (χ3v) is 2.38. The van der Waals surface area contributed by atoms with Gasteiger partial charge in [0.2, 0.25) is 11.8 Å². The SMILES string of the molecule is Cc1cc(Oc2cccc(Cl)c2F)nc(NN)n1. The highest BCUT2D eigenvalue weighted by Crippen LogP contribution is 2.28. The molecular formula is C11H10ClFN4O. The standard InChI is InChI=1S/C11H10ClFN4O/c1-6-5-9(16-11(15-6)17-14)18-8-4-2-3-7(12)10(8)13/h2-5H,14H2,1H3,(H,15,16,17). The van der Waals surface area contributed by atoms with Gasteiger partial charge in [0.1, 0.15) is 0 Å². The van der Waals surface area contributed by atoms with Crippen molar-refractivity contribution in [3.8, 4) is 11.6 Å². The van der Waals surface area contributed by atoms with Gasteiger partial charge in [0, 0.05) is 11.8 Å². The lowest BCUT2D eigenvalue weighted by Gasteiger charge is -2.08.